The van der Waals surface area contributed by atoms with E-state index >= 15 is 0 Å². The first-order chi connectivity index (χ1) is 5.93. The van der Waals surface area contributed by atoms with Crippen LogP contribution in [0.4, 0.5) is 0 Å². The molecule has 0 aromatic heterocycles. The van der Waals surface area contributed by atoms with Gasteiger partial charge in [-0.1, -0.05) is 27.7 Å². The van der Waals surface area contributed by atoms with Crippen molar-refractivity contribution in [2.45, 2.75) is 34.1 Å². The second-order valence-electron chi connectivity index (χ2n) is 4.35. The molecule has 0 bridgehead atoms. The van der Waals surface area contributed by atoms with Gasteiger partial charge in [0.25, 0.3) is 0 Å². The summed E-state index contributed by atoms with van der Waals surface area (Å²) in [6, 6.07) is 0. The average Bonchev–Trinajstić information content (AvgIpc) is 2.13. The number of amides is 1. The molecule has 0 saturated heterocycles. The third-order valence-corrected chi connectivity index (χ3v) is 2.23. The largest absolute Gasteiger partial charge is 0.396 e. The van der Waals surface area contributed by atoms with Crippen molar-refractivity contribution < 1.29 is 9.90 Å². The Morgan fingerprint density at radius 1 is 1.54 bits per heavy atom. The van der Waals surface area contributed by atoms with Crippen LogP contribution in [0.15, 0.2) is 0 Å². The molecular weight excluding hydrogens is 166 g/mol. The molecule has 3 heteroatoms. The molecule has 0 aliphatic carbocycles. The highest BCUT2D eigenvalue weighted by Crippen LogP contribution is 2.11. The van der Waals surface area contributed by atoms with E-state index in [1.54, 1.807) is 0 Å². The summed E-state index contributed by atoms with van der Waals surface area (Å²) >= 11 is 0. The van der Waals surface area contributed by atoms with E-state index < -0.39 is 0 Å². The van der Waals surface area contributed by atoms with Gasteiger partial charge in [-0.3, -0.25) is 4.79 Å². The number of carbonyl (C=O) groups excluding carboxylic acids is 1. The van der Waals surface area contributed by atoms with Crippen LogP contribution in [0.1, 0.15) is 34.1 Å². The van der Waals surface area contributed by atoms with Gasteiger partial charge in [0.15, 0.2) is 0 Å². The Morgan fingerprint density at radius 3 is 2.46 bits per heavy atom. The van der Waals surface area contributed by atoms with Crippen LogP contribution in [0.5, 0.6) is 0 Å². The standard InChI is InChI=1S/C10H21NO2/c1-5-8(2)9(13)11-6-10(3,4)7-12/h8,12H,5-7H2,1-4H3,(H,11,13). The summed E-state index contributed by atoms with van der Waals surface area (Å²) < 4.78 is 0. The van der Waals surface area contributed by atoms with E-state index in [4.69, 9.17) is 5.11 Å². The highest BCUT2D eigenvalue weighted by molar-refractivity contribution is 5.78. The molecule has 0 aromatic carbocycles. The van der Waals surface area contributed by atoms with Crippen molar-refractivity contribution in [2.75, 3.05) is 13.2 Å². The van der Waals surface area contributed by atoms with Gasteiger partial charge < -0.3 is 10.4 Å². The van der Waals surface area contributed by atoms with Crippen molar-refractivity contribution >= 4 is 5.91 Å². The van der Waals surface area contributed by atoms with E-state index in [0.717, 1.165) is 6.42 Å². The molecule has 0 fully saturated rings. The fourth-order valence-corrected chi connectivity index (χ4v) is 0.742. The van der Waals surface area contributed by atoms with E-state index in [9.17, 15) is 4.79 Å². The average molecular weight is 187 g/mol. The number of carbonyl (C=O) groups is 1. The zero-order chi connectivity index (χ0) is 10.5. The molecule has 3 nitrogen and oxygen atoms in total. The predicted molar refractivity (Wildman–Crippen MR) is 53.3 cm³/mol. The molecule has 78 valence electrons. The Labute approximate surface area is 80.5 Å². The van der Waals surface area contributed by atoms with Gasteiger partial charge in [-0.15, -0.1) is 0 Å². The number of hydrogen-bond acceptors (Lipinski definition) is 2. The van der Waals surface area contributed by atoms with Gasteiger partial charge in [-0.05, 0) is 6.42 Å². The lowest BCUT2D eigenvalue weighted by atomic mass is 9.94. The van der Waals surface area contributed by atoms with Crippen molar-refractivity contribution in [1.29, 1.82) is 0 Å². The molecule has 0 aliphatic rings. The molecule has 1 atom stereocenters. The number of nitrogens with one attached hydrogen (secondary N) is 1. The highest BCUT2D eigenvalue weighted by Gasteiger charge is 2.18. The molecule has 13 heavy (non-hydrogen) atoms. The topological polar surface area (TPSA) is 49.3 Å². The fourth-order valence-electron chi connectivity index (χ4n) is 0.742. The van der Waals surface area contributed by atoms with Gasteiger partial charge in [0.05, 0.1) is 0 Å². The van der Waals surface area contributed by atoms with Crippen LogP contribution in [0.25, 0.3) is 0 Å². The normalized spacial score (nSPS) is 13.9. The van der Waals surface area contributed by atoms with Crippen molar-refractivity contribution in [1.82, 2.24) is 5.32 Å². The monoisotopic (exact) mass is 187 g/mol. The molecule has 0 spiro atoms. The number of aliphatic hydroxyl groups is 1. The van der Waals surface area contributed by atoms with Crippen molar-refractivity contribution in [3.63, 3.8) is 0 Å². The van der Waals surface area contributed by atoms with Gasteiger partial charge in [0, 0.05) is 24.5 Å². The second kappa shape index (κ2) is 5.22. The number of aliphatic hydroxyl groups excluding tert-OH is 1. The van der Waals surface area contributed by atoms with E-state index in [0.29, 0.717) is 6.54 Å². The Morgan fingerprint density at radius 2 is 2.08 bits per heavy atom. The molecular formula is C10H21NO2. The molecule has 1 amide bonds. The summed E-state index contributed by atoms with van der Waals surface area (Å²) in [5.41, 5.74) is -0.219. The summed E-state index contributed by atoms with van der Waals surface area (Å²) in [7, 11) is 0. The minimum atomic E-state index is -0.219. The maximum Gasteiger partial charge on any atom is 0.222 e. The van der Waals surface area contributed by atoms with Crippen LogP contribution in [0.2, 0.25) is 0 Å². The molecule has 1 unspecified atom stereocenters. The summed E-state index contributed by atoms with van der Waals surface area (Å²) in [4.78, 5) is 11.3. The van der Waals surface area contributed by atoms with Gasteiger partial charge >= 0.3 is 0 Å². The molecule has 2 N–H and O–H groups in total. The zero-order valence-corrected chi connectivity index (χ0v) is 9.05. The molecule has 0 aliphatic heterocycles. The van der Waals surface area contributed by atoms with Crippen LogP contribution in [-0.2, 0) is 4.79 Å². The Kier molecular flexibility index (Phi) is 4.99. The Bertz CT molecular complexity index is 166. The Hall–Kier alpha value is -0.570. The molecule has 0 heterocycles. The van der Waals surface area contributed by atoms with Crippen LogP contribution >= 0.6 is 0 Å². The van der Waals surface area contributed by atoms with E-state index in [-0.39, 0.29) is 23.8 Å². The molecule has 0 saturated carbocycles. The quantitative estimate of drug-likeness (QED) is 0.678. The smallest absolute Gasteiger partial charge is 0.222 e. The molecule has 0 rings (SSSR count). The van der Waals surface area contributed by atoms with E-state index in [2.05, 4.69) is 5.32 Å². The maximum absolute atomic E-state index is 11.3. The predicted octanol–water partition coefficient (Wildman–Crippen LogP) is 1.17. The second-order valence-corrected chi connectivity index (χ2v) is 4.35. The maximum atomic E-state index is 11.3. The third-order valence-electron chi connectivity index (χ3n) is 2.23. The summed E-state index contributed by atoms with van der Waals surface area (Å²) in [5, 5.41) is 11.8. The number of hydrogen-bond donors (Lipinski definition) is 2. The molecule has 0 radical (unpaired) electrons. The van der Waals surface area contributed by atoms with Crippen LogP contribution in [0.3, 0.4) is 0 Å². The van der Waals surface area contributed by atoms with Crippen molar-refractivity contribution in [3.8, 4) is 0 Å². The third kappa shape index (κ3) is 4.88. The SMILES string of the molecule is CCC(C)C(=O)NCC(C)(C)CO. The van der Waals surface area contributed by atoms with Crippen LogP contribution < -0.4 is 5.32 Å². The molecule has 0 aromatic rings. The lowest BCUT2D eigenvalue weighted by Gasteiger charge is -2.22. The summed E-state index contributed by atoms with van der Waals surface area (Å²) in [6.45, 7) is 8.36. The van der Waals surface area contributed by atoms with E-state index in [1.807, 2.05) is 27.7 Å². The van der Waals surface area contributed by atoms with Gasteiger partial charge in [-0.2, -0.15) is 0 Å². The van der Waals surface area contributed by atoms with E-state index in [1.165, 1.54) is 0 Å². The lowest BCUT2D eigenvalue weighted by Crippen LogP contribution is -2.38. The van der Waals surface area contributed by atoms with Crippen molar-refractivity contribution in [2.24, 2.45) is 11.3 Å². The number of rotatable bonds is 5. The highest BCUT2D eigenvalue weighted by atomic mass is 16.3. The van der Waals surface area contributed by atoms with Gasteiger partial charge in [-0.25, -0.2) is 0 Å². The summed E-state index contributed by atoms with van der Waals surface area (Å²) in [5.74, 6) is 0.138. The van der Waals surface area contributed by atoms with Crippen LogP contribution in [0, 0.1) is 11.3 Å². The lowest BCUT2D eigenvalue weighted by molar-refractivity contribution is -0.125. The van der Waals surface area contributed by atoms with Crippen molar-refractivity contribution in [3.05, 3.63) is 0 Å². The van der Waals surface area contributed by atoms with Crippen LogP contribution in [-0.4, -0.2) is 24.2 Å². The zero-order valence-electron chi connectivity index (χ0n) is 9.05. The minimum absolute atomic E-state index is 0.0643. The minimum Gasteiger partial charge on any atom is -0.396 e. The van der Waals surface area contributed by atoms with Gasteiger partial charge in [0.2, 0.25) is 5.91 Å². The first kappa shape index (κ1) is 12.4. The fraction of sp³-hybridized carbons (Fsp3) is 0.900. The first-order valence-electron chi connectivity index (χ1n) is 4.81. The summed E-state index contributed by atoms with van der Waals surface area (Å²) in [6.07, 6.45) is 0.853. The Balaban J connectivity index is 3.83. The first-order valence-corrected chi connectivity index (χ1v) is 4.81. The van der Waals surface area contributed by atoms with Gasteiger partial charge in [0.1, 0.15) is 0 Å².